The van der Waals surface area contributed by atoms with Crippen molar-refractivity contribution >= 4 is 31.9 Å². The number of halogens is 1. The summed E-state index contributed by atoms with van der Waals surface area (Å²) in [6, 6.07) is 4.68. The fourth-order valence-corrected chi connectivity index (χ4v) is 5.25. The Morgan fingerprint density at radius 3 is 2.50 bits per heavy atom. The maximum atomic E-state index is 12.4. The predicted molar refractivity (Wildman–Crippen MR) is 69.8 cm³/mol. The first-order valence-electron chi connectivity index (χ1n) is 5.91. The van der Waals surface area contributed by atoms with Crippen molar-refractivity contribution in [1.29, 1.82) is 0 Å². The molecule has 0 N–H and O–H groups in total. The lowest BCUT2D eigenvalue weighted by molar-refractivity contribution is 0.0833. The Labute approximate surface area is 114 Å². The molecule has 3 rings (SSSR count). The average molecular weight is 330 g/mol. The molecule has 0 saturated heterocycles. The summed E-state index contributed by atoms with van der Waals surface area (Å²) in [7, 11) is -3.65. The SMILES string of the molecule is O=C1c2c(Br)cccc2S(=O)(=O)N1C1CCCC1. The van der Waals surface area contributed by atoms with Crippen molar-refractivity contribution < 1.29 is 13.2 Å². The molecule has 1 amide bonds. The van der Waals surface area contributed by atoms with Gasteiger partial charge in [0.25, 0.3) is 15.9 Å². The second-order valence-electron chi connectivity index (χ2n) is 4.66. The van der Waals surface area contributed by atoms with Crippen LogP contribution >= 0.6 is 15.9 Å². The third kappa shape index (κ3) is 1.55. The summed E-state index contributed by atoms with van der Waals surface area (Å²) in [5, 5.41) is 0. The van der Waals surface area contributed by atoms with Gasteiger partial charge in [0.2, 0.25) is 0 Å². The Kier molecular flexibility index (Phi) is 2.75. The van der Waals surface area contributed by atoms with E-state index in [9.17, 15) is 13.2 Å². The van der Waals surface area contributed by atoms with E-state index in [1.807, 2.05) is 0 Å². The van der Waals surface area contributed by atoms with Crippen LogP contribution in [-0.4, -0.2) is 24.7 Å². The molecular weight excluding hydrogens is 318 g/mol. The highest BCUT2D eigenvalue weighted by Gasteiger charge is 2.46. The fourth-order valence-electron chi connectivity index (χ4n) is 2.75. The molecular formula is C12H12BrNO3S. The van der Waals surface area contributed by atoms with Crippen LogP contribution in [0.15, 0.2) is 27.6 Å². The smallest absolute Gasteiger partial charge is 0.268 e. The van der Waals surface area contributed by atoms with Crippen LogP contribution in [0.2, 0.25) is 0 Å². The Morgan fingerprint density at radius 2 is 1.89 bits per heavy atom. The van der Waals surface area contributed by atoms with E-state index in [0.29, 0.717) is 4.47 Å². The van der Waals surface area contributed by atoms with E-state index < -0.39 is 10.0 Å². The summed E-state index contributed by atoms with van der Waals surface area (Å²) >= 11 is 3.26. The number of nitrogens with zero attached hydrogens (tertiary/aromatic N) is 1. The normalized spacial score (nSPS) is 22.5. The summed E-state index contributed by atoms with van der Waals surface area (Å²) < 4.78 is 26.5. The van der Waals surface area contributed by atoms with Gasteiger partial charge in [-0.15, -0.1) is 0 Å². The Morgan fingerprint density at radius 1 is 1.22 bits per heavy atom. The highest BCUT2D eigenvalue weighted by Crippen LogP contribution is 2.39. The van der Waals surface area contributed by atoms with Crippen molar-refractivity contribution in [1.82, 2.24) is 4.31 Å². The molecule has 0 atom stereocenters. The van der Waals surface area contributed by atoms with E-state index in [1.165, 1.54) is 6.07 Å². The van der Waals surface area contributed by atoms with E-state index in [-0.39, 0.29) is 22.4 Å². The maximum absolute atomic E-state index is 12.4. The van der Waals surface area contributed by atoms with Crippen LogP contribution in [0.5, 0.6) is 0 Å². The number of sulfonamides is 1. The average Bonchev–Trinajstić information content (AvgIpc) is 2.87. The molecule has 0 aromatic heterocycles. The van der Waals surface area contributed by atoms with Crippen LogP contribution in [0, 0.1) is 0 Å². The summed E-state index contributed by atoms with van der Waals surface area (Å²) in [5.74, 6) is -0.385. The zero-order valence-corrected chi connectivity index (χ0v) is 12.0. The van der Waals surface area contributed by atoms with Crippen LogP contribution < -0.4 is 0 Å². The van der Waals surface area contributed by atoms with Crippen molar-refractivity contribution in [3.05, 3.63) is 28.2 Å². The molecule has 1 aliphatic carbocycles. The molecule has 96 valence electrons. The van der Waals surface area contributed by atoms with Gasteiger partial charge in [-0.05, 0) is 40.9 Å². The Bertz CT molecular complexity index is 620. The topological polar surface area (TPSA) is 54.5 Å². The molecule has 2 aliphatic rings. The number of fused-ring (bicyclic) bond motifs is 1. The van der Waals surface area contributed by atoms with E-state index >= 15 is 0 Å². The van der Waals surface area contributed by atoms with Gasteiger partial charge in [-0.2, -0.15) is 0 Å². The number of carbonyl (C=O) groups is 1. The molecule has 1 aromatic rings. The maximum Gasteiger partial charge on any atom is 0.270 e. The third-order valence-corrected chi connectivity index (χ3v) is 6.12. The van der Waals surface area contributed by atoms with Crippen molar-refractivity contribution in [3.63, 3.8) is 0 Å². The van der Waals surface area contributed by atoms with Crippen LogP contribution in [0.25, 0.3) is 0 Å². The zero-order valence-electron chi connectivity index (χ0n) is 9.60. The van der Waals surface area contributed by atoms with Gasteiger partial charge in [-0.1, -0.05) is 18.9 Å². The molecule has 0 bridgehead atoms. The van der Waals surface area contributed by atoms with Crippen molar-refractivity contribution in [2.75, 3.05) is 0 Å². The van der Waals surface area contributed by atoms with Crippen molar-refractivity contribution in [3.8, 4) is 0 Å². The summed E-state index contributed by atoms with van der Waals surface area (Å²) in [5.41, 5.74) is 0.282. The van der Waals surface area contributed by atoms with Crippen molar-refractivity contribution in [2.24, 2.45) is 0 Å². The lowest BCUT2D eigenvalue weighted by Crippen LogP contribution is -2.38. The zero-order chi connectivity index (χ0) is 12.9. The van der Waals surface area contributed by atoms with E-state index in [0.717, 1.165) is 30.0 Å². The van der Waals surface area contributed by atoms with Gasteiger partial charge in [0.1, 0.15) is 4.90 Å². The quantitative estimate of drug-likeness (QED) is 0.795. The first-order valence-corrected chi connectivity index (χ1v) is 8.14. The number of amides is 1. The van der Waals surface area contributed by atoms with Crippen LogP contribution in [-0.2, 0) is 10.0 Å². The number of hydrogen-bond donors (Lipinski definition) is 0. The molecule has 18 heavy (non-hydrogen) atoms. The predicted octanol–water partition coefficient (Wildman–Crippen LogP) is 2.54. The minimum Gasteiger partial charge on any atom is -0.268 e. The number of carbonyl (C=O) groups excluding carboxylic acids is 1. The van der Waals surface area contributed by atoms with Gasteiger partial charge < -0.3 is 0 Å². The molecule has 0 radical (unpaired) electrons. The highest BCUT2D eigenvalue weighted by atomic mass is 79.9. The van der Waals surface area contributed by atoms with Crippen molar-refractivity contribution in [2.45, 2.75) is 36.6 Å². The lowest BCUT2D eigenvalue weighted by atomic mass is 10.2. The second kappa shape index (κ2) is 4.06. The number of hydrogen-bond acceptors (Lipinski definition) is 3. The first-order chi connectivity index (χ1) is 8.53. The fraction of sp³-hybridized carbons (Fsp3) is 0.417. The van der Waals surface area contributed by atoms with Crippen LogP contribution in [0.3, 0.4) is 0 Å². The molecule has 1 heterocycles. The third-order valence-electron chi connectivity index (χ3n) is 3.58. The lowest BCUT2D eigenvalue weighted by Gasteiger charge is -2.22. The molecule has 0 spiro atoms. The Balaban J connectivity index is 2.17. The standard InChI is InChI=1S/C12H12BrNO3S/c13-9-6-3-7-10-11(9)12(15)14(18(10,16)17)8-4-1-2-5-8/h3,6-8H,1-2,4-5H2. The first kappa shape index (κ1) is 12.2. The molecule has 1 saturated carbocycles. The minimum atomic E-state index is -3.65. The van der Waals surface area contributed by atoms with E-state index in [1.54, 1.807) is 12.1 Å². The molecule has 6 heteroatoms. The molecule has 4 nitrogen and oxygen atoms in total. The van der Waals surface area contributed by atoms with Gasteiger partial charge in [0.05, 0.1) is 5.56 Å². The molecule has 1 aromatic carbocycles. The van der Waals surface area contributed by atoms with Crippen LogP contribution in [0.4, 0.5) is 0 Å². The highest BCUT2D eigenvalue weighted by molar-refractivity contribution is 9.10. The van der Waals surface area contributed by atoms with E-state index in [2.05, 4.69) is 15.9 Å². The molecule has 0 unspecified atom stereocenters. The summed E-state index contributed by atoms with van der Waals surface area (Å²) in [4.78, 5) is 12.5. The van der Waals surface area contributed by atoms with Gasteiger partial charge in [-0.3, -0.25) is 4.79 Å². The Hall–Kier alpha value is -0.880. The molecule has 1 aliphatic heterocycles. The van der Waals surface area contributed by atoms with Gasteiger partial charge >= 0.3 is 0 Å². The number of rotatable bonds is 1. The van der Waals surface area contributed by atoms with Gasteiger partial charge in [0, 0.05) is 10.5 Å². The summed E-state index contributed by atoms with van der Waals surface area (Å²) in [6.07, 6.45) is 3.52. The van der Waals surface area contributed by atoms with E-state index in [4.69, 9.17) is 0 Å². The monoisotopic (exact) mass is 329 g/mol. The minimum absolute atomic E-state index is 0.133. The largest absolute Gasteiger partial charge is 0.270 e. The molecule has 1 fully saturated rings. The van der Waals surface area contributed by atoms with Gasteiger partial charge in [-0.25, -0.2) is 12.7 Å². The van der Waals surface area contributed by atoms with Crippen LogP contribution in [0.1, 0.15) is 36.0 Å². The summed E-state index contributed by atoms with van der Waals surface area (Å²) in [6.45, 7) is 0. The second-order valence-corrected chi connectivity index (χ2v) is 7.29. The number of benzene rings is 1. The van der Waals surface area contributed by atoms with Gasteiger partial charge in [0.15, 0.2) is 0 Å².